The average Bonchev–Trinajstić information content (AvgIpc) is 2.75. The zero-order valence-electron chi connectivity index (χ0n) is 17.7. The molecule has 7 nitrogen and oxygen atoms in total. The van der Waals surface area contributed by atoms with E-state index in [2.05, 4.69) is 15.6 Å². The smallest absolute Gasteiger partial charge is 0.195 e. The van der Waals surface area contributed by atoms with Crippen molar-refractivity contribution in [2.24, 2.45) is 4.99 Å². The number of nitrogens with zero attached hydrogens (tertiary/aromatic N) is 1. The van der Waals surface area contributed by atoms with Crippen molar-refractivity contribution in [1.82, 2.24) is 5.32 Å². The minimum absolute atomic E-state index is 0.593. The van der Waals surface area contributed by atoms with E-state index in [1.54, 1.807) is 21.3 Å². The van der Waals surface area contributed by atoms with Crippen molar-refractivity contribution in [3.63, 3.8) is 0 Å². The van der Waals surface area contributed by atoms with E-state index in [1.165, 1.54) is 0 Å². The van der Waals surface area contributed by atoms with E-state index in [0.29, 0.717) is 38.1 Å². The molecule has 0 radical (unpaired) electrons. The van der Waals surface area contributed by atoms with Crippen molar-refractivity contribution in [2.75, 3.05) is 46.4 Å². The number of guanidine groups is 1. The molecule has 0 aliphatic carbocycles. The summed E-state index contributed by atoms with van der Waals surface area (Å²) in [6.07, 6.45) is 0.850. The van der Waals surface area contributed by atoms with Gasteiger partial charge in [-0.05, 0) is 36.8 Å². The van der Waals surface area contributed by atoms with Crippen LogP contribution in [0.25, 0.3) is 0 Å². The number of benzene rings is 2. The van der Waals surface area contributed by atoms with E-state index in [-0.39, 0.29) is 0 Å². The predicted octanol–water partition coefficient (Wildman–Crippen LogP) is 3.70. The van der Waals surface area contributed by atoms with Crippen LogP contribution < -0.4 is 24.8 Å². The standard InChI is InChI=1S/C22H31N3O4/c1-5-28-20-11-10-17(14-21(20)27-4)16-24-22(23-2)25-18-8-6-9-19(15-18)29-13-7-12-26-3/h6,8-11,14-15H,5,7,12-13,16H2,1-4H3,(H2,23,24,25). The number of nitrogens with one attached hydrogen (secondary N) is 2. The van der Waals surface area contributed by atoms with E-state index in [0.717, 1.165) is 29.2 Å². The van der Waals surface area contributed by atoms with Crippen molar-refractivity contribution in [3.8, 4) is 17.2 Å². The fraction of sp³-hybridized carbons (Fsp3) is 0.409. The molecule has 0 saturated carbocycles. The minimum Gasteiger partial charge on any atom is -0.493 e. The highest BCUT2D eigenvalue weighted by Crippen LogP contribution is 2.28. The third kappa shape index (κ3) is 7.54. The summed E-state index contributed by atoms with van der Waals surface area (Å²) in [5, 5.41) is 6.58. The van der Waals surface area contributed by atoms with Crippen molar-refractivity contribution < 1.29 is 18.9 Å². The predicted molar refractivity (Wildman–Crippen MR) is 116 cm³/mol. The molecule has 0 spiro atoms. The monoisotopic (exact) mass is 401 g/mol. The highest BCUT2D eigenvalue weighted by molar-refractivity contribution is 5.93. The fourth-order valence-electron chi connectivity index (χ4n) is 2.66. The lowest BCUT2D eigenvalue weighted by Gasteiger charge is -2.14. The lowest BCUT2D eigenvalue weighted by Crippen LogP contribution is -2.30. The first-order chi connectivity index (χ1) is 14.2. The summed E-state index contributed by atoms with van der Waals surface area (Å²) in [6, 6.07) is 13.7. The summed E-state index contributed by atoms with van der Waals surface area (Å²) < 4.78 is 21.7. The van der Waals surface area contributed by atoms with Crippen LogP contribution in [0.1, 0.15) is 18.9 Å². The molecule has 2 aromatic rings. The Bertz CT molecular complexity index is 780. The van der Waals surface area contributed by atoms with Crippen LogP contribution >= 0.6 is 0 Å². The number of rotatable bonds is 11. The van der Waals surface area contributed by atoms with Crippen LogP contribution in [0.5, 0.6) is 17.2 Å². The summed E-state index contributed by atoms with van der Waals surface area (Å²) >= 11 is 0. The van der Waals surface area contributed by atoms with Gasteiger partial charge in [-0.2, -0.15) is 0 Å². The maximum absolute atomic E-state index is 5.74. The maximum atomic E-state index is 5.74. The molecule has 0 saturated heterocycles. The number of ether oxygens (including phenoxy) is 4. The van der Waals surface area contributed by atoms with Crippen LogP contribution in [-0.4, -0.2) is 47.0 Å². The fourth-order valence-corrected chi connectivity index (χ4v) is 2.66. The van der Waals surface area contributed by atoms with Crippen LogP contribution in [0.4, 0.5) is 5.69 Å². The van der Waals surface area contributed by atoms with E-state index < -0.39 is 0 Å². The molecule has 0 heterocycles. The zero-order valence-corrected chi connectivity index (χ0v) is 17.7. The van der Waals surface area contributed by atoms with Crippen molar-refractivity contribution >= 4 is 11.6 Å². The van der Waals surface area contributed by atoms with Crippen LogP contribution in [0.15, 0.2) is 47.5 Å². The SMILES string of the molecule is CCOc1ccc(CNC(=NC)Nc2cccc(OCCCOC)c2)cc1OC. The Morgan fingerprint density at radius 2 is 1.86 bits per heavy atom. The highest BCUT2D eigenvalue weighted by Gasteiger charge is 2.07. The summed E-state index contributed by atoms with van der Waals surface area (Å²) in [5.74, 6) is 2.92. The summed E-state index contributed by atoms with van der Waals surface area (Å²) in [5.41, 5.74) is 1.95. The molecule has 2 aromatic carbocycles. The van der Waals surface area contributed by atoms with Gasteiger partial charge in [0, 0.05) is 45.5 Å². The van der Waals surface area contributed by atoms with Gasteiger partial charge in [0.05, 0.1) is 20.3 Å². The Hall–Kier alpha value is -2.93. The second kappa shape index (κ2) is 12.5. The number of hydrogen-bond donors (Lipinski definition) is 2. The average molecular weight is 402 g/mol. The van der Waals surface area contributed by atoms with E-state index in [1.807, 2.05) is 49.4 Å². The molecule has 0 unspecified atom stereocenters. The Morgan fingerprint density at radius 1 is 1.00 bits per heavy atom. The van der Waals surface area contributed by atoms with E-state index in [9.17, 15) is 0 Å². The third-order valence-corrected chi connectivity index (χ3v) is 4.07. The molecule has 2 rings (SSSR count). The summed E-state index contributed by atoms with van der Waals surface area (Å²) in [6.45, 7) is 4.44. The van der Waals surface area contributed by atoms with Crippen molar-refractivity contribution in [2.45, 2.75) is 19.9 Å². The first-order valence-corrected chi connectivity index (χ1v) is 9.69. The molecule has 0 aliphatic rings. The summed E-state index contributed by atoms with van der Waals surface area (Å²) in [4.78, 5) is 4.29. The Morgan fingerprint density at radius 3 is 2.59 bits per heavy atom. The van der Waals surface area contributed by atoms with Crippen molar-refractivity contribution in [3.05, 3.63) is 48.0 Å². The normalized spacial score (nSPS) is 11.1. The van der Waals surface area contributed by atoms with E-state index >= 15 is 0 Å². The molecule has 0 atom stereocenters. The Labute approximate surface area is 173 Å². The Balaban J connectivity index is 1.92. The molecule has 7 heteroatoms. The van der Waals surface area contributed by atoms with Gasteiger partial charge in [0.1, 0.15) is 5.75 Å². The molecule has 158 valence electrons. The number of anilines is 1. The van der Waals surface area contributed by atoms with Crippen LogP contribution in [0.3, 0.4) is 0 Å². The van der Waals surface area contributed by atoms with Gasteiger partial charge in [0.15, 0.2) is 17.5 Å². The molecule has 0 aromatic heterocycles. The minimum atomic E-state index is 0.593. The van der Waals surface area contributed by atoms with Crippen LogP contribution in [-0.2, 0) is 11.3 Å². The van der Waals surface area contributed by atoms with Crippen LogP contribution in [0.2, 0.25) is 0 Å². The number of hydrogen-bond acceptors (Lipinski definition) is 5. The number of methoxy groups -OCH3 is 2. The lowest BCUT2D eigenvalue weighted by molar-refractivity contribution is 0.172. The lowest BCUT2D eigenvalue weighted by atomic mass is 10.2. The molecular formula is C22H31N3O4. The third-order valence-electron chi connectivity index (χ3n) is 4.07. The first kappa shape index (κ1) is 22.4. The van der Waals surface area contributed by atoms with Gasteiger partial charge >= 0.3 is 0 Å². The highest BCUT2D eigenvalue weighted by atomic mass is 16.5. The quantitative estimate of drug-likeness (QED) is 0.340. The van der Waals surface area contributed by atoms with Gasteiger partial charge in [-0.15, -0.1) is 0 Å². The molecule has 2 N–H and O–H groups in total. The van der Waals surface area contributed by atoms with Gasteiger partial charge < -0.3 is 29.6 Å². The number of aliphatic imine (C=N–C) groups is 1. The molecule has 0 aliphatic heterocycles. The van der Waals surface area contributed by atoms with Crippen LogP contribution in [0, 0.1) is 0 Å². The second-order valence-electron chi connectivity index (χ2n) is 6.19. The van der Waals surface area contributed by atoms with Gasteiger partial charge in [-0.25, -0.2) is 0 Å². The first-order valence-electron chi connectivity index (χ1n) is 9.69. The topological polar surface area (TPSA) is 73.3 Å². The second-order valence-corrected chi connectivity index (χ2v) is 6.19. The molecule has 29 heavy (non-hydrogen) atoms. The van der Waals surface area contributed by atoms with Gasteiger partial charge in [0.25, 0.3) is 0 Å². The Kier molecular flexibility index (Phi) is 9.65. The summed E-state index contributed by atoms with van der Waals surface area (Å²) in [7, 11) is 5.06. The molecule has 0 amide bonds. The zero-order chi connectivity index (χ0) is 20.9. The van der Waals surface area contributed by atoms with Gasteiger partial charge in [-0.1, -0.05) is 12.1 Å². The van der Waals surface area contributed by atoms with E-state index in [4.69, 9.17) is 18.9 Å². The largest absolute Gasteiger partial charge is 0.493 e. The van der Waals surface area contributed by atoms with Gasteiger partial charge in [0.2, 0.25) is 0 Å². The maximum Gasteiger partial charge on any atom is 0.195 e. The molecular weight excluding hydrogens is 370 g/mol. The molecule has 0 bridgehead atoms. The van der Waals surface area contributed by atoms with Gasteiger partial charge in [-0.3, -0.25) is 4.99 Å². The van der Waals surface area contributed by atoms with Crippen molar-refractivity contribution in [1.29, 1.82) is 0 Å². The molecule has 0 fully saturated rings.